The first kappa shape index (κ1) is 16.1. The van der Waals surface area contributed by atoms with Gasteiger partial charge in [-0.3, -0.25) is 4.79 Å². The van der Waals surface area contributed by atoms with Crippen LogP contribution < -0.4 is 15.0 Å². The number of piperazine rings is 1. The Balaban J connectivity index is 1.57. The molecule has 2 fully saturated rings. The summed E-state index contributed by atoms with van der Waals surface area (Å²) in [6.45, 7) is 3.90. The minimum Gasteiger partial charge on any atom is -0.495 e. The molecular formula is C17H25N3O3. The maximum absolute atomic E-state index is 12.6. The van der Waals surface area contributed by atoms with Crippen LogP contribution in [0, 0.1) is 0 Å². The largest absolute Gasteiger partial charge is 0.495 e. The van der Waals surface area contributed by atoms with Gasteiger partial charge in [-0.2, -0.15) is 0 Å². The summed E-state index contributed by atoms with van der Waals surface area (Å²) in [7, 11) is 3.39. The summed E-state index contributed by atoms with van der Waals surface area (Å²) in [5, 5.41) is 3.27. The van der Waals surface area contributed by atoms with Crippen LogP contribution >= 0.6 is 0 Å². The van der Waals surface area contributed by atoms with Crippen molar-refractivity contribution < 1.29 is 14.3 Å². The van der Waals surface area contributed by atoms with E-state index >= 15 is 0 Å². The molecule has 2 saturated heterocycles. The molecule has 0 saturated carbocycles. The van der Waals surface area contributed by atoms with Gasteiger partial charge in [0, 0.05) is 39.8 Å². The van der Waals surface area contributed by atoms with E-state index in [1.807, 2.05) is 23.1 Å². The molecule has 0 unspecified atom stereocenters. The third kappa shape index (κ3) is 3.43. The number of rotatable bonds is 4. The van der Waals surface area contributed by atoms with Crippen molar-refractivity contribution in [2.75, 3.05) is 51.8 Å². The summed E-state index contributed by atoms with van der Waals surface area (Å²) in [6, 6.07) is 7.93. The normalized spacial score (nSPS) is 24.8. The number of carbonyl (C=O) groups is 1. The van der Waals surface area contributed by atoms with E-state index in [0.717, 1.165) is 50.6 Å². The lowest BCUT2D eigenvalue weighted by molar-refractivity contribution is -0.133. The standard InChI is InChI=1S/C17H25N3O3/c1-22-13-11-14(18-12-13)17(21)20-9-7-19(8-10-20)15-5-3-4-6-16(15)23-2/h3-6,13-14,18H,7-12H2,1-2H3/t13-,14-/m0/s1. The van der Waals surface area contributed by atoms with E-state index in [-0.39, 0.29) is 18.1 Å². The van der Waals surface area contributed by atoms with Crippen molar-refractivity contribution in [1.29, 1.82) is 0 Å². The molecule has 6 nitrogen and oxygen atoms in total. The highest BCUT2D eigenvalue weighted by atomic mass is 16.5. The number of anilines is 1. The molecule has 0 bridgehead atoms. The molecule has 3 rings (SSSR count). The Labute approximate surface area is 137 Å². The van der Waals surface area contributed by atoms with Gasteiger partial charge >= 0.3 is 0 Å². The predicted octanol–water partition coefficient (Wildman–Crippen LogP) is 0.721. The van der Waals surface area contributed by atoms with Crippen molar-refractivity contribution in [3.8, 4) is 5.75 Å². The topological polar surface area (TPSA) is 54.0 Å². The fourth-order valence-electron chi connectivity index (χ4n) is 3.35. The molecule has 0 aromatic heterocycles. The van der Waals surface area contributed by atoms with Crippen LogP contribution in [0.4, 0.5) is 5.69 Å². The smallest absolute Gasteiger partial charge is 0.239 e. The Morgan fingerprint density at radius 1 is 1.17 bits per heavy atom. The Morgan fingerprint density at radius 2 is 1.91 bits per heavy atom. The lowest BCUT2D eigenvalue weighted by Gasteiger charge is -2.37. The van der Waals surface area contributed by atoms with E-state index in [4.69, 9.17) is 9.47 Å². The summed E-state index contributed by atoms with van der Waals surface area (Å²) >= 11 is 0. The van der Waals surface area contributed by atoms with E-state index in [9.17, 15) is 4.79 Å². The van der Waals surface area contributed by atoms with Crippen LogP contribution in [-0.4, -0.2) is 69.9 Å². The molecule has 0 aliphatic carbocycles. The van der Waals surface area contributed by atoms with Crippen LogP contribution in [0.1, 0.15) is 6.42 Å². The van der Waals surface area contributed by atoms with Crippen molar-refractivity contribution in [1.82, 2.24) is 10.2 Å². The zero-order valence-corrected chi connectivity index (χ0v) is 13.8. The van der Waals surface area contributed by atoms with Gasteiger partial charge in [0.2, 0.25) is 5.91 Å². The predicted molar refractivity (Wildman–Crippen MR) is 89.0 cm³/mol. The molecule has 2 aliphatic rings. The molecule has 1 amide bonds. The van der Waals surface area contributed by atoms with Crippen molar-refractivity contribution in [2.45, 2.75) is 18.6 Å². The van der Waals surface area contributed by atoms with Crippen molar-refractivity contribution >= 4 is 11.6 Å². The summed E-state index contributed by atoms with van der Waals surface area (Å²) in [5.41, 5.74) is 1.10. The molecule has 2 heterocycles. The van der Waals surface area contributed by atoms with Gasteiger partial charge in [-0.25, -0.2) is 0 Å². The Morgan fingerprint density at radius 3 is 2.57 bits per heavy atom. The Hall–Kier alpha value is -1.79. The third-order valence-corrected chi connectivity index (χ3v) is 4.74. The van der Waals surface area contributed by atoms with Crippen LogP contribution in [0.5, 0.6) is 5.75 Å². The average Bonchev–Trinajstić information content (AvgIpc) is 3.10. The highest BCUT2D eigenvalue weighted by Gasteiger charge is 2.33. The van der Waals surface area contributed by atoms with Gasteiger partial charge in [-0.15, -0.1) is 0 Å². The van der Waals surface area contributed by atoms with E-state index in [1.54, 1.807) is 14.2 Å². The molecule has 2 aliphatic heterocycles. The Kier molecular flexibility index (Phi) is 5.03. The van der Waals surface area contributed by atoms with Gasteiger partial charge in [-0.05, 0) is 18.6 Å². The first-order chi connectivity index (χ1) is 11.2. The van der Waals surface area contributed by atoms with Crippen LogP contribution in [0.2, 0.25) is 0 Å². The van der Waals surface area contributed by atoms with Gasteiger partial charge in [0.05, 0.1) is 24.9 Å². The first-order valence-corrected chi connectivity index (χ1v) is 8.16. The molecule has 23 heavy (non-hydrogen) atoms. The van der Waals surface area contributed by atoms with Crippen molar-refractivity contribution in [2.24, 2.45) is 0 Å². The van der Waals surface area contributed by atoms with Gasteiger partial charge in [0.1, 0.15) is 5.75 Å². The number of para-hydroxylation sites is 2. The number of amides is 1. The van der Waals surface area contributed by atoms with E-state index in [0.29, 0.717) is 0 Å². The molecule has 1 aromatic rings. The number of hydrogen-bond acceptors (Lipinski definition) is 5. The highest BCUT2D eigenvalue weighted by molar-refractivity contribution is 5.82. The number of ether oxygens (including phenoxy) is 2. The van der Waals surface area contributed by atoms with Crippen LogP contribution in [0.25, 0.3) is 0 Å². The zero-order chi connectivity index (χ0) is 16.2. The van der Waals surface area contributed by atoms with Crippen LogP contribution in [0.3, 0.4) is 0 Å². The number of nitrogens with one attached hydrogen (secondary N) is 1. The molecule has 1 N–H and O–H groups in total. The summed E-state index contributed by atoms with van der Waals surface area (Å²) in [6.07, 6.45) is 0.918. The number of hydrogen-bond donors (Lipinski definition) is 1. The lowest BCUT2D eigenvalue weighted by atomic mass is 10.1. The monoisotopic (exact) mass is 319 g/mol. The van der Waals surface area contributed by atoms with Crippen LogP contribution in [0.15, 0.2) is 24.3 Å². The maximum Gasteiger partial charge on any atom is 0.239 e. The summed E-state index contributed by atoms with van der Waals surface area (Å²) in [4.78, 5) is 16.8. The highest BCUT2D eigenvalue weighted by Crippen LogP contribution is 2.28. The van der Waals surface area contributed by atoms with E-state index in [1.165, 1.54) is 0 Å². The Bertz CT molecular complexity index is 544. The van der Waals surface area contributed by atoms with E-state index < -0.39 is 0 Å². The number of benzene rings is 1. The number of methoxy groups -OCH3 is 2. The molecule has 0 radical (unpaired) electrons. The summed E-state index contributed by atoms with van der Waals surface area (Å²) in [5.74, 6) is 1.08. The SMILES string of the molecule is COc1ccccc1N1CCN(C(=O)[C@@H]2C[C@H](OC)CN2)CC1. The molecule has 1 aromatic carbocycles. The van der Waals surface area contributed by atoms with E-state index in [2.05, 4.69) is 16.3 Å². The van der Waals surface area contributed by atoms with Gasteiger partial charge < -0.3 is 24.6 Å². The van der Waals surface area contributed by atoms with Gasteiger partial charge in [0.25, 0.3) is 0 Å². The third-order valence-electron chi connectivity index (χ3n) is 4.74. The molecule has 2 atom stereocenters. The maximum atomic E-state index is 12.6. The molecule has 126 valence electrons. The second kappa shape index (κ2) is 7.19. The van der Waals surface area contributed by atoms with Crippen LogP contribution in [-0.2, 0) is 9.53 Å². The number of nitrogens with zero attached hydrogens (tertiary/aromatic N) is 2. The zero-order valence-electron chi connectivity index (χ0n) is 13.8. The second-order valence-electron chi connectivity index (χ2n) is 6.04. The first-order valence-electron chi connectivity index (χ1n) is 8.16. The summed E-state index contributed by atoms with van der Waals surface area (Å²) < 4.78 is 10.8. The average molecular weight is 319 g/mol. The lowest BCUT2D eigenvalue weighted by Crippen LogP contribution is -2.53. The van der Waals surface area contributed by atoms with Gasteiger partial charge in [0.15, 0.2) is 0 Å². The quantitative estimate of drug-likeness (QED) is 0.886. The van der Waals surface area contributed by atoms with Crippen molar-refractivity contribution in [3.05, 3.63) is 24.3 Å². The minimum atomic E-state index is -0.0993. The second-order valence-corrected chi connectivity index (χ2v) is 6.04. The fourth-order valence-corrected chi connectivity index (χ4v) is 3.35. The number of carbonyl (C=O) groups excluding carboxylic acids is 1. The van der Waals surface area contributed by atoms with Gasteiger partial charge in [-0.1, -0.05) is 12.1 Å². The molecule has 0 spiro atoms. The van der Waals surface area contributed by atoms with Crippen molar-refractivity contribution in [3.63, 3.8) is 0 Å². The molecule has 6 heteroatoms. The minimum absolute atomic E-state index is 0.0993. The fraction of sp³-hybridized carbons (Fsp3) is 0.588. The molecular weight excluding hydrogens is 294 g/mol.